The smallest absolute Gasteiger partial charge is 0.279 e. The third-order valence-electron chi connectivity index (χ3n) is 3.72. The molecule has 26 heavy (non-hydrogen) atoms. The molecule has 0 fully saturated rings. The van der Waals surface area contributed by atoms with E-state index in [1.54, 1.807) is 30.3 Å². The topological polar surface area (TPSA) is 94.5 Å². The van der Waals surface area contributed by atoms with Gasteiger partial charge in [-0.15, -0.1) is 0 Å². The van der Waals surface area contributed by atoms with Crippen LogP contribution in [0.2, 0.25) is 5.02 Å². The molecule has 1 heterocycles. The van der Waals surface area contributed by atoms with Gasteiger partial charge in [0.15, 0.2) is 4.80 Å². The van der Waals surface area contributed by atoms with Crippen molar-refractivity contribution in [3.63, 3.8) is 0 Å². The Kier molecular flexibility index (Phi) is 5.29. The summed E-state index contributed by atoms with van der Waals surface area (Å²) in [4.78, 5) is 17.2. The zero-order chi connectivity index (χ0) is 18.9. The normalized spacial score (nSPS) is 12.7. The Morgan fingerprint density at radius 3 is 2.54 bits per heavy atom. The number of thiazole rings is 1. The van der Waals surface area contributed by atoms with Crippen LogP contribution in [-0.4, -0.2) is 18.9 Å². The van der Waals surface area contributed by atoms with Gasteiger partial charge in [-0.3, -0.25) is 4.79 Å². The van der Waals surface area contributed by atoms with E-state index in [0.717, 1.165) is 11.9 Å². The molecule has 0 unspecified atom stereocenters. The lowest BCUT2D eigenvalue weighted by Gasteiger charge is -2.03. The first-order valence-corrected chi connectivity index (χ1v) is 10.5. The largest absolute Gasteiger partial charge is 0.316 e. The number of aromatic nitrogens is 1. The maximum Gasteiger partial charge on any atom is 0.279 e. The molecular formula is C17H16ClN3O3S2. The fraction of sp³-hybridized carbons (Fsp3) is 0.176. The van der Waals surface area contributed by atoms with Crippen LogP contribution >= 0.6 is 22.9 Å². The highest BCUT2D eigenvalue weighted by Crippen LogP contribution is 2.21. The van der Waals surface area contributed by atoms with Crippen molar-refractivity contribution in [2.75, 3.05) is 0 Å². The lowest BCUT2D eigenvalue weighted by Crippen LogP contribution is -2.17. The van der Waals surface area contributed by atoms with Crippen molar-refractivity contribution in [2.24, 2.45) is 10.1 Å². The zero-order valence-corrected chi connectivity index (χ0v) is 16.2. The molecule has 3 aromatic rings. The van der Waals surface area contributed by atoms with Crippen molar-refractivity contribution in [3.8, 4) is 0 Å². The summed E-state index contributed by atoms with van der Waals surface area (Å²) >= 11 is 7.09. The first kappa shape index (κ1) is 18.8. The van der Waals surface area contributed by atoms with E-state index in [2.05, 4.69) is 4.99 Å². The molecule has 0 aliphatic heterocycles. The molecule has 0 radical (unpaired) electrons. The highest BCUT2D eigenvalue weighted by atomic mass is 35.5. The number of rotatable bonds is 4. The fourth-order valence-corrected chi connectivity index (χ4v) is 4.33. The number of amides is 1. The van der Waals surface area contributed by atoms with E-state index in [1.807, 2.05) is 11.5 Å². The van der Waals surface area contributed by atoms with Crippen LogP contribution in [0.5, 0.6) is 0 Å². The van der Waals surface area contributed by atoms with Crippen molar-refractivity contribution in [1.29, 1.82) is 0 Å². The number of hydrogen-bond acceptors (Lipinski definition) is 4. The Hall–Kier alpha value is -2.00. The molecule has 1 aromatic heterocycles. The van der Waals surface area contributed by atoms with Crippen molar-refractivity contribution in [1.82, 2.24) is 4.57 Å². The van der Waals surface area contributed by atoms with Crippen LogP contribution in [-0.2, 0) is 16.6 Å². The molecule has 0 saturated carbocycles. The number of nitrogens with zero attached hydrogens (tertiary/aromatic N) is 2. The SMILES string of the molecule is CCCn1c(=NC(=O)c2ccc(Cl)cc2)sc2cc(S(N)(=O)=O)ccc21. The van der Waals surface area contributed by atoms with Crippen LogP contribution < -0.4 is 9.94 Å². The van der Waals surface area contributed by atoms with Gasteiger partial charge in [0.1, 0.15) is 0 Å². The third kappa shape index (κ3) is 3.88. The standard InChI is InChI=1S/C17H16ClN3O3S2/c1-2-9-21-14-8-7-13(26(19,23)24)10-15(14)25-17(21)20-16(22)11-3-5-12(18)6-4-11/h3-8,10H,2,9H2,1H3,(H2,19,23,24). The molecule has 1 amide bonds. The molecule has 0 spiro atoms. The number of benzene rings is 2. The molecular weight excluding hydrogens is 394 g/mol. The summed E-state index contributed by atoms with van der Waals surface area (Å²) in [5.74, 6) is -0.384. The lowest BCUT2D eigenvalue weighted by molar-refractivity contribution is 0.0998. The number of hydrogen-bond donors (Lipinski definition) is 1. The first-order valence-electron chi connectivity index (χ1n) is 7.80. The molecule has 0 aliphatic rings. The molecule has 2 aromatic carbocycles. The van der Waals surface area contributed by atoms with Gasteiger partial charge < -0.3 is 4.57 Å². The maximum absolute atomic E-state index is 12.5. The minimum absolute atomic E-state index is 0.0328. The molecule has 3 rings (SSSR count). The molecule has 6 nitrogen and oxygen atoms in total. The Bertz CT molecular complexity index is 1150. The summed E-state index contributed by atoms with van der Waals surface area (Å²) in [7, 11) is -3.79. The number of carbonyl (C=O) groups is 1. The summed E-state index contributed by atoms with van der Waals surface area (Å²) in [5, 5.41) is 5.74. The highest BCUT2D eigenvalue weighted by Gasteiger charge is 2.13. The number of carbonyl (C=O) groups excluding carboxylic acids is 1. The van der Waals surface area contributed by atoms with E-state index in [0.29, 0.717) is 26.6 Å². The fourth-order valence-electron chi connectivity index (χ4n) is 2.50. The van der Waals surface area contributed by atoms with Gasteiger partial charge in [0.05, 0.1) is 15.1 Å². The third-order valence-corrected chi connectivity index (χ3v) is 5.92. The Labute approximate surface area is 159 Å². The summed E-state index contributed by atoms with van der Waals surface area (Å²) < 4.78 is 25.7. The van der Waals surface area contributed by atoms with Crippen LogP contribution in [0.1, 0.15) is 23.7 Å². The van der Waals surface area contributed by atoms with E-state index in [1.165, 1.54) is 23.5 Å². The van der Waals surface area contributed by atoms with Crippen LogP contribution in [0, 0.1) is 0 Å². The van der Waals surface area contributed by atoms with Gasteiger partial charge in [0.25, 0.3) is 5.91 Å². The minimum Gasteiger partial charge on any atom is -0.316 e. The molecule has 2 N–H and O–H groups in total. The van der Waals surface area contributed by atoms with Crippen molar-refractivity contribution < 1.29 is 13.2 Å². The summed E-state index contributed by atoms with van der Waals surface area (Å²) in [6.07, 6.45) is 0.838. The number of nitrogens with two attached hydrogens (primary N) is 1. The zero-order valence-electron chi connectivity index (χ0n) is 13.8. The van der Waals surface area contributed by atoms with Gasteiger partial charge in [-0.05, 0) is 48.9 Å². The van der Waals surface area contributed by atoms with E-state index in [9.17, 15) is 13.2 Å². The van der Waals surface area contributed by atoms with E-state index in [-0.39, 0.29) is 10.8 Å². The minimum atomic E-state index is -3.79. The van der Waals surface area contributed by atoms with Crippen molar-refractivity contribution >= 4 is 49.1 Å². The predicted octanol–water partition coefficient (Wildman–Crippen LogP) is 3.15. The van der Waals surface area contributed by atoms with Crippen LogP contribution in [0.25, 0.3) is 10.2 Å². The predicted molar refractivity (Wildman–Crippen MR) is 103 cm³/mol. The number of sulfonamides is 1. The Balaban J connectivity index is 2.16. The average Bonchev–Trinajstić information content (AvgIpc) is 2.92. The molecule has 0 atom stereocenters. The number of primary sulfonamides is 1. The molecule has 0 saturated heterocycles. The number of aryl methyl sites for hydroxylation is 1. The van der Waals surface area contributed by atoms with Crippen LogP contribution in [0.15, 0.2) is 52.4 Å². The maximum atomic E-state index is 12.5. The Morgan fingerprint density at radius 2 is 1.92 bits per heavy atom. The number of halogens is 1. The quantitative estimate of drug-likeness (QED) is 0.716. The van der Waals surface area contributed by atoms with Gasteiger partial charge >= 0.3 is 0 Å². The van der Waals surface area contributed by atoms with E-state index < -0.39 is 10.0 Å². The number of fused-ring (bicyclic) bond motifs is 1. The second-order valence-electron chi connectivity index (χ2n) is 5.63. The second kappa shape index (κ2) is 7.32. The molecule has 0 bridgehead atoms. The molecule has 9 heteroatoms. The average molecular weight is 410 g/mol. The molecule has 136 valence electrons. The monoisotopic (exact) mass is 409 g/mol. The van der Waals surface area contributed by atoms with Crippen molar-refractivity contribution in [3.05, 3.63) is 57.9 Å². The molecule has 0 aliphatic carbocycles. The second-order valence-corrected chi connectivity index (χ2v) is 8.64. The van der Waals surface area contributed by atoms with Gasteiger partial charge in [-0.2, -0.15) is 4.99 Å². The summed E-state index contributed by atoms with van der Waals surface area (Å²) in [6, 6.07) is 11.2. The van der Waals surface area contributed by atoms with Crippen LogP contribution in [0.3, 0.4) is 0 Å². The van der Waals surface area contributed by atoms with E-state index in [4.69, 9.17) is 16.7 Å². The van der Waals surface area contributed by atoms with E-state index >= 15 is 0 Å². The van der Waals surface area contributed by atoms with Crippen molar-refractivity contribution in [2.45, 2.75) is 24.8 Å². The van der Waals surface area contributed by atoms with Gasteiger partial charge in [0, 0.05) is 17.1 Å². The summed E-state index contributed by atoms with van der Waals surface area (Å²) in [6.45, 7) is 2.67. The van der Waals surface area contributed by atoms with Crippen LogP contribution in [0.4, 0.5) is 0 Å². The Morgan fingerprint density at radius 1 is 1.23 bits per heavy atom. The van der Waals surface area contributed by atoms with Gasteiger partial charge in [0.2, 0.25) is 10.0 Å². The summed E-state index contributed by atoms with van der Waals surface area (Å²) in [5.41, 5.74) is 1.24. The van der Waals surface area contributed by atoms with Gasteiger partial charge in [-0.25, -0.2) is 13.6 Å². The first-order chi connectivity index (χ1) is 12.3. The highest BCUT2D eigenvalue weighted by molar-refractivity contribution is 7.89. The van der Waals surface area contributed by atoms with Gasteiger partial charge in [-0.1, -0.05) is 29.9 Å². The lowest BCUT2D eigenvalue weighted by atomic mass is 10.2.